The fourth-order valence-electron chi connectivity index (χ4n) is 2.65. The van der Waals surface area contributed by atoms with Crippen LogP contribution >= 0.6 is 0 Å². The Bertz CT molecular complexity index is 824. The molecule has 5 nitrogen and oxygen atoms in total. The van der Waals surface area contributed by atoms with E-state index in [9.17, 15) is 18.4 Å². The first-order chi connectivity index (χ1) is 12.7. The van der Waals surface area contributed by atoms with Crippen LogP contribution in [0.15, 0.2) is 30.3 Å². The van der Waals surface area contributed by atoms with Gasteiger partial charge in [0.2, 0.25) is 0 Å². The predicted molar refractivity (Wildman–Crippen MR) is 96.7 cm³/mol. The summed E-state index contributed by atoms with van der Waals surface area (Å²) in [5, 5.41) is 2.07. The number of hydrogen-bond acceptors (Lipinski definition) is 4. The molecule has 0 aliphatic rings. The number of benzene rings is 2. The Hall–Kier alpha value is -2.96. The molecule has 1 atom stereocenters. The zero-order valence-electron chi connectivity index (χ0n) is 15.6. The molecule has 0 aromatic heterocycles. The van der Waals surface area contributed by atoms with Gasteiger partial charge in [-0.25, -0.2) is 13.6 Å². The Morgan fingerprint density at radius 2 is 1.63 bits per heavy atom. The van der Waals surface area contributed by atoms with Crippen molar-refractivity contribution < 1.29 is 27.8 Å². The largest absolute Gasteiger partial charge is 0.481 e. The molecule has 2 rings (SSSR count). The second-order valence-electron chi connectivity index (χ2n) is 6.23. The minimum absolute atomic E-state index is 0.392. The molecule has 0 spiro atoms. The van der Waals surface area contributed by atoms with Crippen LogP contribution in [0.3, 0.4) is 0 Å². The van der Waals surface area contributed by atoms with Gasteiger partial charge in [0.15, 0.2) is 12.7 Å². The lowest BCUT2D eigenvalue weighted by Gasteiger charge is -2.16. The van der Waals surface area contributed by atoms with Gasteiger partial charge in [0.1, 0.15) is 23.1 Å². The van der Waals surface area contributed by atoms with E-state index in [1.807, 2.05) is 32.9 Å². The average molecular weight is 377 g/mol. The van der Waals surface area contributed by atoms with Gasteiger partial charge < -0.3 is 14.8 Å². The Morgan fingerprint density at radius 3 is 2.19 bits per heavy atom. The van der Waals surface area contributed by atoms with Gasteiger partial charge in [0, 0.05) is 0 Å². The van der Waals surface area contributed by atoms with Crippen molar-refractivity contribution in [3.63, 3.8) is 0 Å². The summed E-state index contributed by atoms with van der Waals surface area (Å²) in [7, 11) is 0. The molecule has 0 saturated heterocycles. The van der Waals surface area contributed by atoms with E-state index in [1.165, 1.54) is 13.0 Å². The zero-order valence-corrected chi connectivity index (χ0v) is 15.6. The lowest BCUT2D eigenvalue weighted by Crippen LogP contribution is -2.32. The number of amides is 1. The predicted octanol–water partition coefficient (Wildman–Crippen LogP) is 3.84. The summed E-state index contributed by atoms with van der Waals surface area (Å²) in [6.07, 6.45) is -1.25. The third-order valence-electron chi connectivity index (χ3n) is 3.83. The molecule has 0 unspecified atom stereocenters. The van der Waals surface area contributed by atoms with E-state index in [4.69, 9.17) is 9.47 Å². The topological polar surface area (TPSA) is 64.6 Å². The van der Waals surface area contributed by atoms with Gasteiger partial charge in [0.25, 0.3) is 5.91 Å². The zero-order chi connectivity index (χ0) is 20.1. The number of nitrogens with one attached hydrogen (secondary N) is 1. The highest BCUT2D eigenvalue weighted by Crippen LogP contribution is 2.24. The van der Waals surface area contributed by atoms with Crippen molar-refractivity contribution in [3.05, 3.63) is 58.7 Å². The number of carbonyl (C=O) groups excluding carboxylic acids is 2. The van der Waals surface area contributed by atoms with E-state index in [0.717, 1.165) is 28.8 Å². The van der Waals surface area contributed by atoms with Crippen molar-refractivity contribution >= 4 is 17.6 Å². The molecule has 1 N–H and O–H groups in total. The van der Waals surface area contributed by atoms with Crippen LogP contribution in [0, 0.1) is 32.4 Å². The summed E-state index contributed by atoms with van der Waals surface area (Å²) < 4.78 is 37.6. The quantitative estimate of drug-likeness (QED) is 0.777. The third-order valence-corrected chi connectivity index (χ3v) is 3.83. The van der Waals surface area contributed by atoms with E-state index in [0.29, 0.717) is 5.75 Å². The van der Waals surface area contributed by atoms with Crippen LogP contribution in [0.1, 0.15) is 23.6 Å². The number of esters is 1. The van der Waals surface area contributed by atoms with Gasteiger partial charge in [-0.3, -0.25) is 4.79 Å². The summed E-state index contributed by atoms with van der Waals surface area (Å²) in [5.41, 5.74) is 2.24. The molecule has 1 amide bonds. The molecule has 144 valence electrons. The minimum atomic E-state index is -1.25. The van der Waals surface area contributed by atoms with Crippen LogP contribution in [0.4, 0.5) is 14.5 Å². The fourth-order valence-corrected chi connectivity index (χ4v) is 2.65. The Morgan fingerprint density at radius 1 is 1.07 bits per heavy atom. The standard InChI is InChI=1S/C20H21F2NO4/c1-11-8-12(2)19(13(3)9-11)26-10-17(24)27-14(4)20(25)23-18-15(21)6-5-7-16(18)22/h5-9,14H,10H2,1-4H3,(H,23,25)/t14-/m0/s1. The number of anilines is 1. The number of aryl methyl sites for hydroxylation is 3. The molecule has 0 fully saturated rings. The van der Waals surface area contributed by atoms with Crippen molar-refractivity contribution in [1.82, 2.24) is 0 Å². The van der Waals surface area contributed by atoms with Crippen LogP contribution in [-0.2, 0) is 14.3 Å². The van der Waals surface area contributed by atoms with Crippen molar-refractivity contribution in [3.8, 4) is 5.75 Å². The molecule has 7 heteroatoms. The van der Waals surface area contributed by atoms with Crippen molar-refractivity contribution in [2.75, 3.05) is 11.9 Å². The van der Waals surface area contributed by atoms with E-state index >= 15 is 0 Å². The average Bonchev–Trinajstić information content (AvgIpc) is 2.57. The van der Waals surface area contributed by atoms with Gasteiger partial charge in [0.05, 0.1) is 0 Å². The number of halogens is 2. The lowest BCUT2D eigenvalue weighted by molar-refractivity contribution is -0.155. The number of ether oxygens (including phenoxy) is 2. The Balaban J connectivity index is 1.93. The summed E-state index contributed by atoms with van der Waals surface area (Å²) in [6, 6.07) is 7.04. The molecule has 0 radical (unpaired) electrons. The molecule has 2 aromatic carbocycles. The molecule has 27 heavy (non-hydrogen) atoms. The van der Waals surface area contributed by atoms with Crippen molar-refractivity contribution in [2.24, 2.45) is 0 Å². The van der Waals surface area contributed by atoms with Gasteiger partial charge in [-0.2, -0.15) is 0 Å². The minimum Gasteiger partial charge on any atom is -0.481 e. The molecular weight excluding hydrogens is 356 g/mol. The smallest absolute Gasteiger partial charge is 0.344 e. The van der Waals surface area contributed by atoms with E-state index in [1.54, 1.807) is 0 Å². The monoisotopic (exact) mass is 377 g/mol. The second kappa shape index (κ2) is 8.62. The van der Waals surface area contributed by atoms with Crippen LogP contribution < -0.4 is 10.1 Å². The summed E-state index contributed by atoms with van der Waals surface area (Å²) >= 11 is 0. The SMILES string of the molecule is Cc1cc(C)c(OCC(=O)O[C@@H](C)C(=O)Nc2c(F)cccc2F)c(C)c1. The van der Waals surface area contributed by atoms with Crippen LogP contribution in [0.25, 0.3) is 0 Å². The van der Waals surface area contributed by atoms with E-state index in [2.05, 4.69) is 5.32 Å². The first kappa shape index (κ1) is 20.4. The molecule has 0 bridgehead atoms. The van der Waals surface area contributed by atoms with Gasteiger partial charge in [-0.15, -0.1) is 0 Å². The normalized spacial score (nSPS) is 11.6. The van der Waals surface area contributed by atoms with Crippen LogP contribution in [-0.4, -0.2) is 24.6 Å². The highest BCUT2D eigenvalue weighted by molar-refractivity contribution is 5.95. The van der Waals surface area contributed by atoms with Crippen LogP contribution in [0.5, 0.6) is 5.75 Å². The Labute approximate surface area is 156 Å². The van der Waals surface area contributed by atoms with E-state index in [-0.39, 0.29) is 0 Å². The second-order valence-corrected chi connectivity index (χ2v) is 6.23. The van der Waals surface area contributed by atoms with Crippen molar-refractivity contribution in [2.45, 2.75) is 33.8 Å². The molecule has 0 heterocycles. The maximum Gasteiger partial charge on any atom is 0.344 e. The van der Waals surface area contributed by atoms with Gasteiger partial charge in [-0.1, -0.05) is 23.8 Å². The first-order valence-corrected chi connectivity index (χ1v) is 8.34. The fraction of sp³-hybridized carbons (Fsp3) is 0.300. The summed E-state index contributed by atoms with van der Waals surface area (Å²) in [5.74, 6) is -2.89. The molecule has 0 aliphatic carbocycles. The number of para-hydroxylation sites is 1. The summed E-state index contributed by atoms with van der Waals surface area (Å²) in [6.45, 7) is 6.58. The number of carbonyl (C=O) groups is 2. The van der Waals surface area contributed by atoms with Crippen LogP contribution in [0.2, 0.25) is 0 Å². The maximum absolute atomic E-state index is 13.6. The third kappa shape index (κ3) is 5.26. The van der Waals surface area contributed by atoms with Crippen molar-refractivity contribution in [1.29, 1.82) is 0 Å². The molecule has 0 saturated carbocycles. The lowest BCUT2D eigenvalue weighted by atomic mass is 10.1. The molecule has 2 aromatic rings. The van der Waals surface area contributed by atoms with Gasteiger partial charge >= 0.3 is 5.97 Å². The highest BCUT2D eigenvalue weighted by atomic mass is 19.1. The molecule has 0 aliphatic heterocycles. The first-order valence-electron chi connectivity index (χ1n) is 8.34. The van der Waals surface area contributed by atoms with Gasteiger partial charge in [-0.05, 0) is 51.0 Å². The molecular formula is C20H21F2NO4. The highest BCUT2D eigenvalue weighted by Gasteiger charge is 2.21. The maximum atomic E-state index is 13.6. The number of rotatable bonds is 6. The van der Waals surface area contributed by atoms with E-state index < -0.39 is 41.9 Å². The number of hydrogen-bond donors (Lipinski definition) is 1. The Kier molecular flexibility index (Phi) is 6.50. The summed E-state index contributed by atoms with van der Waals surface area (Å²) in [4.78, 5) is 23.9.